The number of aliphatic hydroxyl groups excluding tert-OH is 3. The second-order valence-corrected chi connectivity index (χ2v) is 2.50. The van der Waals surface area contributed by atoms with Gasteiger partial charge < -0.3 is 20.1 Å². The van der Waals surface area contributed by atoms with Gasteiger partial charge in [0.1, 0.15) is 18.3 Å². The van der Waals surface area contributed by atoms with E-state index in [0.29, 0.717) is 0 Å². The number of ether oxygens (including phenoxy) is 1. The van der Waals surface area contributed by atoms with Crippen molar-refractivity contribution in [3.05, 3.63) is 12.2 Å². The second kappa shape index (κ2) is 3.66. The molecule has 1 aliphatic rings. The van der Waals surface area contributed by atoms with Crippen molar-refractivity contribution >= 4 is 5.97 Å². The lowest BCUT2D eigenvalue weighted by Gasteiger charge is -2.19. The normalized spacial score (nSPS) is 26.9. The largest absolute Gasteiger partial charge is 0.452 e. The topological polar surface area (TPSA) is 87.0 Å². The molecule has 0 aromatic heterocycles. The number of cyclic esters (lactones) is 1. The van der Waals surface area contributed by atoms with Crippen LogP contribution in [0.5, 0.6) is 0 Å². The van der Waals surface area contributed by atoms with E-state index in [1.807, 2.05) is 0 Å². The van der Waals surface area contributed by atoms with E-state index in [1.54, 1.807) is 0 Å². The van der Waals surface area contributed by atoms with Crippen LogP contribution in [-0.2, 0) is 9.53 Å². The van der Waals surface area contributed by atoms with Crippen molar-refractivity contribution < 1.29 is 24.9 Å². The zero-order chi connectivity index (χ0) is 9.14. The predicted octanol–water partition coefficient (Wildman–Crippen LogP) is -1.82. The van der Waals surface area contributed by atoms with Crippen molar-refractivity contribution in [2.45, 2.75) is 18.3 Å². The molecule has 3 atom stereocenters. The van der Waals surface area contributed by atoms with Crippen molar-refractivity contribution in [1.29, 1.82) is 0 Å². The Bertz CT molecular complexity index is 200. The number of esters is 1. The first kappa shape index (κ1) is 9.18. The van der Waals surface area contributed by atoms with E-state index >= 15 is 0 Å². The Balaban J connectivity index is 2.49. The van der Waals surface area contributed by atoms with Gasteiger partial charge in [0, 0.05) is 6.08 Å². The number of hydrogen-bond acceptors (Lipinski definition) is 5. The van der Waals surface area contributed by atoms with Crippen LogP contribution in [0.2, 0.25) is 0 Å². The monoisotopic (exact) mass is 174 g/mol. The van der Waals surface area contributed by atoms with Gasteiger partial charge in [-0.2, -0.15) is 0 Å². The molecule has 12 heavy (non-hydrogen) atoms. The lowest BCUT2D eigenvalue weighted by molar-refractivity contribution is -0.147. The first-order valence-electron chi connectivity index (χ1n) is 3.51. The van der Waals surface area contributed by atoms with Crippen LogP contribution in [0.1, 0.15) is 0 Å². The van der Waals surface area contributed by atoms with E-state index in [1.165, 1.54) is 6.08 Å². The van der Waals surface area contributed by atoms with Gasteiger partial charge in [-0.25, -0.2) is 4.79 Å². The molecular formula is C7H10O5. The molecule has 0 fully saturated rings. The highest BCUT2D eigenvalue weighted by atomic mass is 16.6. The highest BCUT2D eigenvalue weighted by Crippen LogP contribution is 2.11. The number of carbonyl (C=O) groups is 1. The predicted molar refractivity (Wildman–Crippen MR) is 38.1 cm³/mol. The molecule has 0 aromatic carbocycles. The second-order valence-electron chi connectivity index (χ2n) is 2.50. The van der Waals surface area contributed by atoms with Crippen LogP contribution < -0.4 is 0 Å². The maximum Gasteiger partial charge on any atom is 0.331 e. The lowest BCUT2D eigenvalue weighted by Crippen LogP contribution is -2.39. The molecule has 1 heterocycles. The van der Waals surface area contributed by atoms with Crippen molar-refractivity contribution in [1.82, 2.24) is 0 Å². The van der Waals surface area contributed by atoms with Crippen molar-refractivity contribution in [2.24, 2.45) is 0 Å². The first-order chi connectivity index (χ1) is 5.65. The van der Waals surface area contributed by atoms with Gasteiger partial charge in [-0.1, -0.05) is 0 Å². The van der Waals surface area contributed by atoms with Crippen LogP contribution in [0.4, 0.5) is 0 Å². The van der Waals surface area contributed by atoms with Crippen LogP contribution in [0.15, 0.2) is 12.2 Å². The quantitative estimate of drug-likeness (QED) is 0.439. The number of aliphatic hydroxyl groups is 3. The molecule has 0 unspecified atom stereocenters. The molecule has 0 bridgehead atoms. The minimum absolute atomic E-state index is 0.552. The molecule has 0 aliphatic carbocycles. The number of carbonyl (C=O) groups excluding carboxylic acids is 1. The van der Waals surface area contributed by atoms with Gasteiger partial charge in [0.15, 0.2) is 0 Å². The average Bonchev–Trinajstić information content (AvgIpc) is 2.49. The summed E-state index contributed by atoms with van der Waals surface area (Å²) in [4.78, 5) is 10.5. The Morgan fingerprint density at radius 3 is 2.67 bits per heavy atom. The van der Waals surface area contributed by atoms with Crippen molar-refractivity contribution in [3.8, 4) is 0 Å². The third kappa shape index (κ3) is 1.82. The van der Waals surface area contributed by atoms with Gasteiger partial charge in [-0.3, -0.25) is 0 Å². The van der Waals surface area contributed by atoms with Gasteiger partial charge in [0.2, 0.25) is 0 Å². The maximum atomic E-state index is 10.5. The van der Waals surface area contributed by atoms with E-state index in [0.717, 1.165) is 6.08 Å². The SMILES string of the molecule is O=C1C=C[C@@H]([C@H](O)[C@H](O)CO)O1. The van der Waals surface area contributed by atoms with E-state index in [-0.39, 0.29) is 0 Å². The standard InChI is InChI=1S/C7H10O5/c8-3-4(9)7(11)5-1-2-6(10)12-5/h1-2,4-5,7-9,11H,3H2/t4-,5+,7-/m1/s1. The average molecular weight is 174 g/mol. The third-order valence-electron chi connectivity index (χ3n) is 1.59. The van der Waals surface area contributed by atoms with Gasteiger partial charge >= 0.3 is 5.97 Å². The molecule has 0 saturated heterocycles. The Hall–Kier alpha value is -0.910. The van der Waals surface area contributed by atoms with Crippen LogP contribution in [0.25, 0.3) is 0 Å². The zero-order valence-corrected chi connectivity index (χ0v) is 6.25. The number of rotatable bonds is 3. The molecule has 0 spiro atoms. The summed E-state index contributed by atoms with van der Waals surface area (Å²) in [7, 11) is 0. The molecule has 1 aliphatic heterocycles. The van der Waals surface area contributed by atoms with Crippen LogP contribution in [0.3, 0.4) is 0 Å². The maximum absolute atomic E-state index is 10.5. The fourth-order valence-electron chi connectivity index (χ4n) is 0.897. The number of hydrogen-bond donors (Lipinski definition) is 3. The van der Waals surface area contributed by atoms with Crippen LogP contribution in [0, 0.1) is 0 Å². The molecule has 0 amide bonds. The summed E-state index contributed by atoms with van der Waals surface area (Å²) in [6, 6.07) is 0. The molecule has 0 aromatic rings. The summed E-state index contributed by atoms with van der Waals surface area (Å²) in [5.41, 5.74) is 0. The summed E-state index contributed by atoms with van der Waals surface area (Å²) in [6.45, 7) is -0.566. The third-order valence-corrected chi connectivity index (χ3v) is 1.59. The molecule has 5 heteroatoms. The van der Waals surface area contributed by atoms with Gasteiger partial charge in [0.25, 0.3) is 0 Å². The van der Waals surface area contributed by atoms with Gasteiger partial charge in [0.05, 0.1) is 6.61 Å². The summed E-state index contributed by atoms with van der Waals surface area (Å²) < 4.78 is 4.57. The van der Waals surface area contributed by atoms with E-state index in [9.17, 15) is 9.90 Å². The molecule has 0 saturated carbocycles. The van der Waals surface area contributed by atoms with Crippen LogP contribution >= 0.6 is 0 Å². The van der Waals surface area contributed by atoms with Crippen LogP contribution in [-0.4, -0.2) is 46.2 Å². The van der Waals surface area contributed by atoms with E-state index in [4.69, 9.17) is 10.2 Å². The van der Waals surface area contributed by atoms with Gasteiger partial charge in [-0.15, -0.1) is 0 Å². The van der Waals surface area contributed by atoms with Crippen molar-refractivity contribution in [2.75, 3.05) is 6.61 Å². The van der Waals surface area contributed by atoms with E-state index < -0.39 is 30.9 Å². The summed E-state index contributed by atoms with van der Waals surface area (Å²) >= 11 is 0. The minimum atomic E-state index is -1.29. The zero-order valence-electron chi connectivity index (χ0n) is 6.25. The Morgan fingerprint density at radius 1 is 1.58 bits per heavy atom. The molecule has 0 radical (unpaired) electrons. The molecular weight excluding hydrogens is 164 g/mol. The molecule has 3 N–H and O–H groups in total. The van der Waals surface area contributed by atoms with Crippen molar-refractivity contribution in [3.63, 3.8) is 0 Å². The highest BCUT2D eigenvalue weighted by molar-refractivity contribution is 5.84. The molecule has 68 valence electrons. The Morgan fingerprint density at radius 2 is 2.25 bits per heavy atom. The highest BCUT2D eigenvalue weighted by Gasteiger charge is 2.29. The van der Waals surface area contributed by atoms with E-state index in [2.05, 4.69) is 4.74 Å². The summed E-state index contributed by atoms with van der Waals surface area (Å²) in [5.74, 6) is -0.552. The summed E-state index contributed by atoms with van der Waals surface area (Å²) in [6.07, 6.45) is -0.896. The van der Waals surface area contributed by atoms with Gasteiger partial charge in [-0.05, 0) is 6.08 Å². The molecule has 5 nitrogen and oxygen atoms in total. The Kier molecular flexibility index (Phi) is 2.80. The first-order valence-corrected chi connectivity index (χ1v) is 3.51. The fourth-order valence-corrected chi connectivity index (χ4v) is 0.897. The lowest BCUT2D eigenvalue weighted by atomic mass is 10.1. The molecule has 1 rings (SSSR count). The fraction of sp³-hybridized carbons (Fsp3) is 0.571. The smallest absolute Gasteiger partial charge is 0.331 e. The summed E-state index contributed by atoms with van der Waals surface area (Å²) in [5, 5.41) is 26.6. The minimum Gasteiger partial charge on any atom is -0.452 e. The Labute approximate surface area is 68.9 Å².